The van der Waals surface area contributed by atoms with Crippen molar-refractivity contribution in [3.05, 3.63) is 70.5 Å². The van der Waals surface area contributed by atoms with Crippen LogP contribution < -0.4 is 16.0 Å². The predicted molar refractivity (Wildman–Crippen MR) is 107 cm³/mol. The molecule has 0 spiro atoms. The number of amides is 1. The van der Waals surface area contributed by atoms with Gasteiger partial charge < -0.3 is 16.0 Å². The van der Waals surface area contributed by atoms with Gasteiger partial charge in [-0.25, -0.2) is 9.38 Å². The van der Waals surface area contributed by atoms with Gasteiger partial charge in [0.25, 0.3) is 5.91 Å². The van der Waals surface area contributed by atoms with Crippen LogP contribution in [0.3, 0.4) is 0 Å². The fraction of sp³-hybridized carbons (Fsp3) is 0.333. The first kappa shape index (κ1) is 20.4. The van der Waals surface area contributed by atoms with Crippen LogP contribution in [0.15, 0.2) is 47.5 Å². The van der Waals surface area contributed by atoms with E-state index in [1.54, 1.807) is 26.1 Å². The first-order valence-corrected chi connectivity index (χ1v) is 9.11. The molecule has 0 saturated carbocycles. The quantitative estimate of drug-likeness (QED) is 0.519. The molecule has 0 atom stereocenters. The Morgan fingerprint density at radius 3 is 2.63 bits per heavy atom. The van der Waals surface area contributed by atoms with E-state index < -0.39 is 0 Å². The van der Waals surface area contributed by atoms with Crippen LogP contribution in [0, 0.1) is 12.7 Å². The van der Waals surface area contributed by atoms with E-state index in [4.69, 9.17) is 0 Å². The number of hydrogen-bond donors (Lipinski definition) is 3. The number of guanidine groups is 1. The van der Waals surface area contributed by atoms with Gasteiger partial charge in [-0.1, -0.05) is 24.3 Å². The third-order valence-corrected chi connectivity index (χ3v) is 4.11. The topological polar surface area (TPSA) is 65.5 Å². The summed E-state index contributed by atoms with van der Waals surface area (Å²) in [6.45, 7) is 5.67. The normalized spacial score (nSPS) is 11.2. The Bertz CT molecular complexity index is 805. The summed E-state index contributed by atoms with van der Waals surface area (Å²) in [6.07, 6.45) is 0.769. The molecular weight excluding hydrogens is 343 g/mol. The number of halogens is 1. The summed E-state index contributed by atoms with van der Waals surface area (Å²) in [6, 6.07) is 12.6. The van der Waals surface area contributed by atoms with Crippen molar-refractivity contribution in [1.29, 1.82) is 0 Å². The maximum Gasteiger partial charge on any atom is 0.251 e. The minimum Gasteiger partial charge on any atom is -0.357 e. The lowest BCUT2D eigenvalue weighted by atomic mass is 10.1. The molecule has 3 N–H and O–H groups in total. The minimum absolute atomic E-state index is 0.0886. The van der Waals surface area contributed by atoms with E-state index in [9.17, 15) is 9.18 Å². The SMILES string of the molecule is CCNC(=NCc1ccc(F)c(C)c1)NCCc1cccc(C(=O)NC)c1. The maximum atomic E-state index is 13.4. The van der Waals surface area contributed by atoms with E-state index in [0.29, 0.717) is 30.2 Å². The molecule has 1 amide bonds. The van der Waals surface area contributed by atoms with Crippen LogP contribution in [0.5, 0.6) is 0 Å². The van der Waals surface area contributed by atoms with Crippen molar-refractivity contribution in [2.24, 2.45) is 4.99 Å². The van der Waals surface area contributed by atoms with Gasteiger partial charge in [-0.2, -0.15) is 0 Å². The summed E-state index contributed by atoms with van der Waals surface area (Å²) in [4.78, 5) is 16.3. The Labute approximate surface area is 160 Å². The molecule has 0 aliphatic rings. The molecule has 0 radical (unpaired) electrons. The fourth-order valence-corrected chi connectivity index (χ4v) is 2.65. The molecule has 0 saturated heterocycles. The molecule has 2 rings (SSSR count). The Morgan fingerprint density at radius 1 is 1.11 bits per heavy atom. The molecule has 144 valence electrons. The second-order valence-corrected chi connectivity index (χ2v) is 6.23. The molecule has 0 unspecified atom stereocenters. The van der Waals surface area contributed by atoms with Crippen LogP contribution in [0.25, 0.3) is 0 Å². The third kappa shape index (κ3) is 6.40. The van der Waals surface area contributed by atoms with Crippen LogP contribution in [-0.2, 0) is 13.0 Å². The van der Waals surface area contributed by atoms with E-state index in [2.05, 4.69) is 20.9 Å². The second kappa shape index (κ2) is 10.3. The van der Waals surface area contributed by atoms with Crippen molar-refractivity contribution in [1.82, 2.24) is 16.0 Å². The highest BCUT2D eigenvalue weighted by Gasteiger charge is 2.04. The fourth-order valence-electron chi connectivity index (χ4n) is 2.65. The zero-order valence-corrected chi connectivity index (χ0v) is 16.1. The summed E-state index contributed by atoms with van der Waals surface area (Å²) in [5.41, 5.74) is 3.32. The molecular formula is C21H27FN4O. The molecule has 0 aliphatic heterocycles. The lowest BCUT2D eigenvalue weighted by Gasteiger charge is -2.12. The number of nitrogens with one attached hydrogen (secondary N) is 3. The van der Waals surface area contributed by atoms with Crippen molar-refractivity contribution < 1.29 is 9.18 Å². The van der Waals surface area contributed by atoms with Crippen LogP contribution in [0.2, 0.25) is 0 Å². The number of hydrogen-bond acceptors (Lipinski definition) is 2. The van der Waals surface area contributed by atoms with Gasteiger partial charge in [0.15, 0.2) is 5.96 Å². The minimum atomic E-state index is -0.202. The van der Waals surface area contributed by atoms with Crippen molar-refractivity contribution in [3.8, 4) is 0 Å². The zero-order valence-electron chi connectivity index (χ0n) is 16.1. The largest absolute Gasteiger partial charge is 0.357 e. The molecule has 2 aromatic rings. The Balaban J connectivity index is 1.94. The lowest BCUT2D eigenvalue weighted by Crippen LogP contribution is -2.38. The average molecular weight is 370 g/mol. The van der Waals surface area contributed by atoms with E-state index in [0.717, 1.165) is 24.1 Å². The molecule has 0 fully saturated rings. The molecule has 5 nitrogen and oxygen atoms in total. The standard InChI is InChI=1S/C21H27FN4O/c1-4-24-21(26-14-17-8-9-19(22)15(2)12-17)25-11-10-16-6-5-7-18(13-16)20(27)23-3/h5-9,12-13H,4,10-11,14H2,1-3H3,(H,23,27)(H2,24,25,26). The highest BCUT2D eigenvalue weighted by molar-refractivity contribution is 5.94. The highest BCUT2D eigenvalue weighted by Crippen LogP contribution is 2.10. The van der Waals surface area contributed by atoms with Gasteiger partial charge in [0.2, 0.25) is 0 Å². The predicted octanol–water partition coefficient (Wildman–Crippen LogP) is 2.79. The van der Waals surface area contributed by atoms with E-state index in [-0.39, 0.29) is 11.7 Å². The van der Waals surface area contributed by atoms with E-state index in [1.165, 1.54) is 6.07 Å². The summed E-state index contributed by atoms with van der Waals surface area (Å²) in [7, 11) is 1.62. The van der Waals surface area contributed by atoms with Gasteiger partial charge in [-0.3, -0.25) is 4.79 Å². The van der Waals surface area contributed by atoms with Crippen molar-refractivity contribution in [2.75, 3.05) is 20.1 Å². The lowest BCUT2D eigenvalue weighted by molar-refractivity contribution is 0.0963. The van der Waals surface area contributed by atoms with Gasteiger partial charge in [0.05, 0.1) is 6.54 Å². The number of aliphatic imine (C=N–C) groups is 1. The summed E-state index contributed by atoms with van der Waals surface area (Å²) in [5.74, 6) is 0.419. The first-order valence-electron chi connectivity index (χ1n) is 9.11. The Hall–Kier alpha value is -2.89. The molecule has 2 aromatic carbocycles. The molecule has 0 bridgehead atoms. The van der Waals surface area contributed by atoms with Gasteiger partial charge >= 0.3 is 0 Å². The molecule has 0 aromatic heterocycles. The number of aryl methyl sites for hydroxylation is 1. The first-order chi connectivity index (χ1) is 13.0. The monoisotopic (exact) mass is 370 g/mol. The van der Waals surface area contributed by atoms with Crippen molar-refractivity contribution >= 4 is 11.9 Å². The smallest absolute Gasteiger partial charge is 0.251 e. The number of carbonyl (C=O) groups excluding carboxylic acids is 1. The highest BCUT2D eigenvalue weighted by atomic mass is 19.1. The zero-order chi connectivity index (χ0) is 19.6. The van der Waals surface area contributed by atoms with Gasteiger partial charge in [0.1, 0.15) is 5.82 Å². The molecule has 6 heteroatoms. The second-order valence-electron chi connectivity index (χ2n) is 6.23. The van der Waals surface area contributed by atoms with Crippen molar-refractivity contribution in [2.45, 2.75) is 26.8 Å². The summed E-state index contributed by atoms with van der Waals surface area (Å²) < 4.78 is 13.4. The average Bonchev–Trinajstić information content (AvgIpc) is 2.68. The van der Waals surface area contributed by atoms with Gasteiger partial charge in [-0.05, 0) is 55.2 Å². The number of rotatable bonds is 7. The molecule has 27 heavy (non-hydrogen) atoms. The number of nitrogens with zero attached hydrogens (tertiary/aromatic N) is 1. The number of benzene rings is 2. The van der Waals surface area contributed by atoms with Crippen LogP contribution >= 0.6 is 0 Å². The van der Waals surface area contributed by atoms with E-state index in [1.807, 2.05) is 31.2 Å². The van der Waals surface area contributed by atoms with Crippen LogP contribution in [-0.4, -0.2) is 32.0 Å². The summed E-state index contributed by atoms with van der Waals surface area (Å²) >= 11 is 0. The Kier molecular flexibility index (Phi) is 7.79. The maximum absolute atomic E-state index is 13.4. The van der Waals surface area contributed by atoms with Gasteiger partial charge in [-0.15, -0.1) is 0 Å². The molecule has 0 heterocycles. The van der Waals surface area contributed by atoms with Crippen molar-refractivity contribution in [3.63, 3.8) is 0 Å². The third-order valence-electron chi connectivity index (χ3n) is 4.11. The Morgan fingerprint density at radius 2 is 1.93 bits per heavy atom. The number of carbonyl (C=O) groups is 1. The van der Waals surface area contributed by atoms with Crippen LogP contribution in [0.1, 0.15) is 34.0 Å². The molecule has 0 aliphatic carbocycles. The van der Waals surface area contributed by atoms with Gasteiger partial charge in [0, 0.05) is 25.7 Å². The van der Waals surface area contributed by atoms with E-state index >= 15 is 0 Å². The van der Waals surface area contributed by atoms with Crippen LogP contribution in [0.4, 0.5) is 4.39 Å². The summed E-state index contributed by atoms with van der Waals surface area (Å²) in [5, 5.41) is 9.13.